The predicted molar refractivity (Wildman–Crippen MR) is 151 cm³/mol. The summed E-state index contributed by atoms with van der Waals surface area (Å²) in [6.45, 7) is -0.506. The molecule has 246 valence electrons. The molecular weight excluding hydrogens is 619 g/mol. The van der Waals surface area contributed by atoms with Gasteiger partial charge in [0, 0.05) is 37.1 Å². The van der Waals surface area contributed by atoms with E-state index in [-0.39, 0.29) is 37.2 Å². The molecule has 0 heterocycles. The predicted octanol–water partition coefficient (Wildman–Crippen LogP) is 0.786. The summed E-state index contributed by atoms with van der Waals surface area (Å²) in [4.78, 5) is 38.7. The Hall–Kier alpha value is -4.36. The molecule has 0 aromatic heterocycles. The van der Waals surface area contributed by atoms with Crippen LogP contribution in [0.15, 0.2) is 46.3 Å². The molecule has 19 heteroatoms. The van der Waals surface area contributed by atoms with Crippen LogP contribution in [0.25, 0.3) is 10.8 Å². The third kappa shape index (κ3) is 11.7. The molecule has 0 bridgehead atoms. The average molecular weight is 654 g/mol. The Kier molecular flexibility index (Phi) is 14.1. The SMILES string of the molecule is CN(C)c1cccc2c(S(=O)(=O)NCCOC(=O)OCC(C)(CO)C(=O)OCCN=C(N)N)cccc12.O=C(O)C(F)(F)F. The molecule has 7 N–H and O–H groups in total. The van der Waals surface area contributed by atoms with Crippen LogP contribution in [0.2, 0.25) is 0 Å². The number of rotatable bonds is 13. The van der Waals surface area contributed by atoms with E-state index in [2.05, 4.69) is 9.71 Å². The van der Waals surface area contributed by atoms with Gasteiger partial charge in [-0.3, -0.25) is 9.79 Å². The third-order valence-corrected chi connectivity index (χ3v) is 6.98. The van der Waals surface area contributed by atoms with E-state index in [1.807, 2.05) is 31.1 Å². The number of benzene rings is 2. The summed E-state index contributed by atoms with van der Waals surface area (Å²) in [5, 5.41) is 18.0. The molecular formula is C25H34F3N5O10S. The number of ether oxygens (including phenoxy) is 3. The van der Waals surface area contributed by atoms with Gasteiger partial charge in [0.25, 0.3) is 0 Å². The van der Waals surface area contributed by atoms with Gasteiger partial charge in [0.1, 0.15) is 25.2 Å². The Morgan fingerprint density at radius 1 is 1.00 bits per heavy atom. The lowest BCUT2D eigenvalue weighted by Crippen LogP contribution is -2.39. The van der Waals surface area contributed by atoms with Crippen molar-refractivity contribution in [3.8, 4) is 0 Å². The number of hydrogen-bond donors (Lipinski definition) is 5. The Labute approximate surface area is 250 Å². The molecule has 2 rings (SSSR count). The number of aliphatic hydroxyl groups is 1. The lowest BCUT2D eigenvalue weighted by atomic mass is 9.93. The van der Waals surface area contributed by atoms with Crippen LogP contribution in [0, 0.1) is 5.41 Å². The molecule has 44 heavy (non-hydrogen) atoms. The number of nitrogens with one attached hydrogen (secondary N) is 1. The fourth-order valence-corrected chi connectivity index (χ4v) is 4.43. The number of anilines is 1. The van der Waals surface area contributed by atoms with E-state index >= 15 is 0 Å². The van der Waals surface area contributed by atoms with Gasteiger partial charge >= 0.3 is 24.3 Å². The summed E-state index contributed by atoms with van der Waals surface area (Å²) in [5.41, 5.74) is 9.68. The smallest absolute Gasteiger partial charge is 0.475 e. The number of carboxylic acid groups (broad SMARTS) is 1. The van der Waals surface area contributed by atoms with E-state index in [9.17, 15) is 36.3 Å². The number of guanidine groups is 1. The first kappa shape index (κ1) is 37.7. The molecule has 2 aromatic carbocycles. The number of carbonyl (C=O) groups is 3. The van der Waals surface area contributed by atoms with Gasteiger partial charge in [0.05, 0.1) is 18.0 Å². The minimum atomic E-state index is -5.08. The number of hydrogen-bond acceptors (Lipinski definition) is 11. The van der Waals surface area contributed by atoms with E-state index in [0.29, 0.717) is 5.39 Å². The first-order chi connectivity index (χ1) is 20.4. The zero-order chi connectivity index (χ0) is 33.7. The number of carboxylic acids is 1. The van der Waals surface area contributed by atoms with Crippen molar-refractivity contribution in [2.75, 3.05) is 58.5 Å². The summed E-state index contributed by atoms with van der Waals surface area (Å²) in [7, 11) is -0.181. The first-order valence-electron chi connectivity index (χ1n) is 12.5. The zero-order valence-corrected chi connectivity index (χ0v) is 24.8. The molecule has 0 radical (unpaired) electrons. The molecule has 0 saturated carbocycles. The van der Waals surface area contributed by atoms with Crippen LogP contribution >= 0.6 is 0 Å². The largest absolute Gasteiger partial charge is 0.508 e. The van der Waals surface area contributed by atoms with Crippen molar-refractivity contribution >= 4 is 50.5 Å². The number of sulfonamides is 1. The van der Waals surface area contributed by atoms with Gasteiger partial charge in [-0.2, -0.15) is 13.2 Å². The minimum absolute atomic E-state index is 0.0317. The van der Waals surface area contributed by atoms with Crippen molar-refractivity contribution in [1.29, 1.82) is 0 Å². The Balaban J connectivity index is 0.00000123. The third-order valence-electron chi connectivity index (χ3n) is 5.46. The van der Waals surface area contributed by atoms with Crippen molar-refractivity contribution in [2.45, 2.75) is 18.0 Å². The van der Waals surface area contributed by atoms with Gasteiger partial charge in [-0.1, -0.05) is 24.3 Å². The molecule has 1 atom stereocenters. The monoisotopic (exact) mass is 653 g/mol. The topological polar surface area (TPSA) is 233 Å². The standard InChI is InChI=1S/C23H33N5O8S.C2HF3O2/c1-23(14-29,20(30)34-12-10-26-21(24)25)15-36-22(31)35-13-11-27-37(32,33)19-9-5-6-16-17(19)7-4-8-18(16)28(2)3;3-2(4,5)1(6)7/h4-9,27,29H,10-15H2,1-3H3,(H4,24,25,26);(H,6,7). The van der Waals surface area contributed by atoms with Crippen molar-refractivity contribution in [1.82, 2.24) is 4.72 Å². The van der Waals surface area contributed by atoms with E-state index < -0.39 is 52.9 Å². The van der Waals surface area contributed by atoms with Gasteiger partial charge in [0.15, 0.2) is 5.96 Å². The van der Waals surface area contributed by atoms with Crippen LogP contribution in [0.3, 0.4) is 0 Å². The van der Waals surface area contributed by atoms with Gasteiger partial charge in [-0.05, 0) is 19.1 Å². The summed E-state index contributed by atoms with van der Waals surface area (Å²) in [6.07, 6.45) is -6.23. The van der Waals surface area contributed by atoms with Gasteiger partial charge in [-0.15, -0.1) is 0 Å². The summed E-state index contributed by atoms with van der Waals surface area (Å²) in [6, 6.07) is 10.4. The van der Waals surface area contributed by atoms with Gasteiger partial charge in [0.2, 0.25) is 10.0 Å². The highest BCUT2D eigenvalue weighted by Gasteiger charge is 2.38. The molecule has 0 aliphatic rings. The number of carbonyl (C=O) groups excluding carboxylic acids is 2. The highest BCUT2D eigenvalue weighted by Crippen LogP contribution is 2.30. The summed E-state index contributed by atoms with van der Waals surface area (Å²) < 4.78 is 74.7. The van der Waals surface area contributed by atoms with Gasteiger partial charge in [-0.25, -0.2) is 22.7 Å². The molecule has 0 saturated heterocycles. The molecule has 1 unspecified atom stereocenters. The number of fused-ring (bicyclic) bond motifs is 1. The zero-order valence-electron chi connectivity index (χ0n) is 24.0. The van der Waals surface area contributed by atoms with Crippen molar-refractivity contribution in [3.05, 3.63) is 36.4 Å². The van der Waals surface area contributed by atoms with Crippen LogP contribution < -0.4 is 21.1 Å². The quantitative estimate of drug-likeness (QED) is 0.0872. The summed E-state index contributed by atoms with van der Waals surface area (Å²) >= 11 is 0. The number of aliphatic imine (C=N–C) groups is 1. The second kappa shape index (κ2) is 16.5. The Bertz CT molecular complexity index is 1430. The average Bonchev–Trinajstić information content (AvgIpc) is 2.95. The maximum atomic E-state index is 12.9. The second-order valence-corrected chi connectivity index (χ2v) is 11.0. The lowest BCUT2D eigenvalue weighted by Gasteiger charge is -2.24. The number of aliphatic hydroxyl groups excluding tert-OH is 1. The Morgan fingerprint density at radius 2 is 1.59 bits per heavy atom. The van der Waals surface area contributed by atoms with E-state index in [4.69, 9.17) is 35.6 Å². The number of aliphatic carboxylic acids is 1. The van der Waals surface area contributed by atoms with E-state index in [0.717, 1.165) is 11.1 Å². The number of alkyl halides is 3. The fraction of sp³-hybridized carbons (Fsp3) is 0.440. The highest BCUT2D eigenvalue weighted by molar-refractivity contribution is 7.89. The minimum Gasteiger partial charge on any atom is -0.475 e. The Morgan fingerprint density at radius 3 is 2.14 bits per heavy atom. The normalized spacial score (nSPS) is 12.6. The van der Waals surface area contributed by atoms with Crippen molar-refractivity contribution < 1.29 is 60.4 Å². The van der Waals surface area contributed by atoms with Crippen molar-refractivity contribution in [2.24, 2.45) is 21.9 Å². The number of esters is 1. The molecule has 15 nitrogen and oxygen atoms in total. The number of halogens is 3. The molecule has 0 fully saturated rings. The maximum absolute atomic E-state index is 12.9. The molecule has 0 aliphatic heterocycles. The van der Waals surface area contributed by atoms with Crippen LogP contribution in [-0.4, -0.2) is 102 Å². The lowest BCUT2D eigenvalue weighted by molar-refractivity contribution is -0.192. The molecule has 0 spiro atoms. The molecule has 2 aromatic rings. The number of nitrogens with zero attached hydrogens (tertiary/aromatic N) is 2. The van der Waals surface area contributed by atoms with E-state index in [1.54, 1.807) is 18.2 Å². The second-order valence-electron chi connectivity index (χ2n) is 9.27. The molecule has 0 aliphatic carbocycles. The fourth-order valence-electron chi connectivity index (χ4n) is 3.19. The van der Waals surface area contributed by atoms with Crippen LogP contribution in [0.5, 0.6) is 0 Å². The van der Waals surface area contributed by atoms with Crippen molar-refractivity contribution in [3.63, 3.8) is 0 Å². The van der Waals surface area contributed by atoms with E-state index in [1.165, 1.54) is 13.0 Å². The molecule has 0 amide bonds. The van der Waals surface area contributed by atoms with Crippen LogP contribution in [0.1, 0.15) is 6.92 Å². The van der Waals surface area contributed by atoms with Crippen LogP contribution in [0.4, 0.5) is 23.7 Å². The maximum Gasteiger partial charge on any atom is 0.508 e. The first-order valence-corrected chi connectivity index (χ1v) is 14.0. The number of nitrogens with two attached hydrogens (primary N) is 2. The van der Waals surface area contributed by atoms with Crippen LogP contribution in [-0.2, 0) is 33.8 Å². The summed E-state index contributed by atoms with van der Waals surface area (Å²) in [5.74, 6) is -3.74. The highest BCUT2D eigenvalue weighted by atomic mass is 32.2. The van der Waals surface area contributed by atoms with Gasteiger partial charge < -0.3 is 40.8 Å².